The summed E-state index contributed by atoms with van der Waals surface area (Å²) in [6, 6.07) is 7.81. The second-order valence-electron chi connectivity index (χ2n) is 6.55. The van der Waals surface area contributed by atoms with Crippen LogP contribution in [0.25, 0.3) is 11.3 Å². The topological polar surface area (TPSA) is 91.4 Å². The summed E-state index contributed by atoms with van der Waals surface area (Å²) in [4.78, 5) is 12.3. The van der Waals surface area contributed by atoms with E-state index in [4.69, 9.17) is 14.0 Å². The van der Waals surface area contributed by atoms with Crippen molar-refractivity contribution in [2.24, 2.45) is 7.05 Å². The highest BCUT2D eigenvalue weighted by Gasteiger charge is 2.20. The number of benzene rings is 1. The first-order chi connectivity index (χ1) is 13.0. The summed E-state index contributed by atoms with van der Waals surface area (Å²) < 4.78 is 17.8. The van der Waals surface area contributed by atoms with Crippen molar-refractivity contribution in [1.29, 1.82) is 0 Å². The molecule has 1 aromatic carbocycles. The van der Waals surface area contributed by atoms with Gasteiger partial charge in [-0.25, -0.2) is 0 Å². The highest BCUT2D eigenvalue weighted by molar-refractivity contribution is 5.96. The van der Waals surface area contributed by atoms with Gasteiger partial charge in [0, 0.05) is 31.3 Å². The van der Waals surface area contributed by atoms with Gasteiger partial charge in [-0.1, -0.05) is 17.3 Å². The number of nitrogens with one attached hydrogen (secondary N) is 1. The Balaban J connectivity index is 1.44. The summed E-state index contributed by atoms with van der Waals surface area (Å²) in [5.41, 5.74) is 3.08. The zero-order valence-corrected chi connectivity index (χ0v) is 15.4. The van der Waals surface area contributed by atoms with E-state index in [1.165, 1.54) is 17.4 Å². The Morgan fingerprint density at radius 3 is 3.07 bits per heavy atom. The molecule has 0 fully saturated rings. The lowest BCUT2D eigenvalue weighted by molar-refractivity contribution is 0.0947. The van der Waals surface area contributed by atoms with Crippen LogP contribution in [0.15, 0.2) is 35.0 Å². The molecule has 0 aliphatic carbocycles. The number of hydrogen-bond acceptors (Lipinski definition) is 6. The fourth-order valence-electron chi connectivity index (χ4n) is 3.13. The van der Waals surface area contributed by atoms with Crippen LogP contribution in [-0.4, -0.2) is 34.1 Å². The average molecular weight is 368 g/mol. The largest absolute Gasteiger partial charge is 0.490 e. The first kappa shape index (κ1) is 17.1. The van der Waals surface area contributed by atoms with Gasteiger partial charge < -0.3 is 19.3 Å². The van der Waals surface area contributed by atoms with E-state index < -0.39 is 0 Å². The number of ether oxygens (including phenoxy) is 2. The Bertz CT molecular complexity index is 992. The fourth-order valence-corrected chi connectivity index (χ4v) is 3.13. The average Bonchev–Trinajstić information content (AvgIpc) is 3.35. The Hall–Kier alpha value is -3.29. The van der Waals surface area contributed by atoms with Gasteiger partial charge in [-0.2, -0.15) is 0 Å². The quantitative estimate of drug-likeness (QED) is 0.743. The van der Waals surface area contributed by atoms with Crippen molar-refractivity contribution in [2.75, 3.05) is 7.11 Å². The zero-order chi connectivity index (χ0) is 19.0. The summed E-state index contributed by atoms with van der Waals surface area (Å²) in [6.45, 7) is 2.28. The Labute approximate surface area is 156 Å². The van der Waals surface area contributed by atoms with Gasteiger partial charge in [0.25, 0.3) is 5.91 Å². The third-order valence-corrected chi connectivity index (χ3v) is 4.41. The molecule has 3 aromatic rings. The first-order valence-corrected chi connectivity index (χ1v) is 8.65. The number of hydrogen-bond donors (Lipinski definition) is 1. The van der Waals surface area contributed by atoms with Gasteiger partial charge in [0.15, 0.2) is 5.76 Å². The van der Waals surface area contributed by atoms with Gasteiger partial charge in [-0.3, -0.25) is 9.48 Å². The number of carbonyl (C=O) groups excluding carboxylic acids is 1. The van der Waals surface area contributed by atoms with Gasteiger partial charge >= 0.3 is 0 Å². The van der Waals surface area contributed by atoms with E-state index in [0.29, 0.717) is 17.0 Å². The third-order valence-electron chi connectivity index (χ3n) is 4.41. The maximum absolute atomic E-state index is 12.3. The zero-order valence-electron chi connectivity index (χ0n) is 15.4. The molecule has 8 heteroatoms. The fraction of sp³-hybridized carbons (Fsp3) is 0.316. The molecule has 4 rings (SSSR count). The van der Waals surface area contributed by atoms with Crippen LogP contribution in [0.1, 0.15) is 28.5 Å². The maximum atomic E-state index is 12.3. The van der Waals surface area contributed by atoms with E-state index >= 15 is 0 Å². The van der Waals surface area contributed by atoms with Gasteiger partial charge in [0.05, 0.1) is 13.7 Å². The molecule has 0 unspecified atom stereocenters. The number of aromatic nitrogens is 3. The minimum atomic E-state index is -0.288. The molecule has 3 heterocycles. The highest BCUT2D eigenvalue weighted by Crippen LogP contribution is 2.33. The van der Waals surface area contributed by atoms with Crippen molar-refractivity contribution in [3.05, 3.63) is 47.3 Å². The molecule has 1 aliphatic heterocycles. The van der Waals surface area contributed by atoms with Crippen LogP contribution >= 0.6 is 0 Å². The highest BCUT2D eigenvalue weighted by atomic mass is 16.5. The van der Waals surface area contributed by atoms with Gasteiger partial charge in [-0.15, -0.1) is 5.10 Å². The van der Waals surface area contributed by atoms with E-state index in [0.717, 1.165) is 17.7 Å². The predicted molar refractivity (Wildman–Crippen MR) is 96.7 cm³/mol. The lowest BCUT2D eigenvalue weighted by Gasteiger charge is -2.03. The molecule has 0 radical (unpaired) electrons. The third kappa shape index (κ3) is 3.38. The lowest BCUT2D eigenvalue weighted by Crippen LogP contribution is -2.23. The summed E-state index contributed by atoms with van der Waals surface area (Å²) >= 11 is 0. The Morgan fingerprint density at radius 2 is 2.26 bits per heavy atom. The number of rotatable bonds is 5. The first-order valence-electron chi connectivity index (χ1n) is 8.65. The maximum Gasteiger partial charge on any atom is 0.258 e. The van der Waals surface area contributed by atoms with E-state index in [-0.39, 0.29) is 24.4 Å². The summed E-state index contributed by atoms with van der Waals surface area (Å²) in [7, 11) is 3.20. The second-order valence-corrected chi connectivity index (χ2v) is 6.55. The molecule has 27 heavy (non-hydrogen) atoms. The Kier molecular flexibility index (Phi) is 4.31. The summed E-state index contributed by atoms with van der Waals surface area (Å²) in [5.74, 6) is 1.51. The number of amides is 1. The molecular weight excluding hydrogens is 348 g/mol. The van der Waals surface area contributed by atoms with Crippen molar-refractivity contribution < 1.29 is 18.8 Å². The monoisotopic (exact) mass is 368 g/mol. The van der Waals surface area contributed by atoms with Crippen molar-refractivity contribution >= 4 is 5.91 Å². The molecule has 1 aliphatic rings. The minimum absolute atomic E-state index is 0.195. The number of fused-ring (bicyclic) bond motifs is 1. The van der Waals surface area contributed by atoms with Crippen LogP contribution in [0.2, 0.25) is 0 Å². The van der Waals surface area contributed by atoms with Gasteiger partial charge in [-0.05, 0) is 18.6 Å². The van der Waals surface area contributed by atoms with E-state index in [1.54, 1.807) is 19.3 Å². The van der Waals surface area contributed by atoms with Crippen molar-refractivity contribution in [1.82, 2.24) is 20.3 Å². The van der Waals surface area contributed by atoms with Crippen molar-refractivity contribution in [3.63, 3.8) is 0 Å². The predicted octanol–water partition coefficient (Wildman–Crippen LogP) is 2.34. The molecule has 2 aromatic heterocycles. The number of methoxy groups -OCH3 is 1. The smallest absolute Gasteiger partial charge is 0.258 e. The van der Waals surface area contributed by atoms with Crippen LogP contribution in [0, 0.1) is 0 Å². The minimum Gasteiger partial charge on any atom is -0.490 e. The number of nitrogens with zero attached hydrogens (tertiary/aromatic N) is 3. The molecule has 0 saturated heterocycles. The molecular formula is C19H20N4O4. The Morgan fingerprint density at radius 1 is 1.41 bits per heavy atom. The summed E-state index contributed by atoms with van der Waals surface area (Å²) in [5, 5.41) is 10.9. The van der Waals surface area contributed by atoms with E-state index in [2.05, 4.69) is 15.6 Å². The lowest BCUT2D eigenvalue weighted by atomic mass is 10.1. The van der Waals surface area contributed by atoms with Crippen LogP contribution in [0.3, 0.4) is 0 Å². The van der Waals surface area contributed by atoms with Crippen LogP contribution < -0.4 is 14.8 Å². The molecule has 0 spiro atoms. The van der Waals surface area contributed by atoms with Gasteiger partial charge in [0.2, 0.25) is 5.88 Å². The molecule has 0 saturated carbocycles. The SMILES string of the molecule is COc1nn(C)cc1C(=O)NCc1cc(-c2ccc3c(c2)O[C@H](C)C3)on1. The van der Waals surface area contributed by atoms with Crippen LogP contribution in [-0.2, 0) is 20.0 Å². The molecule has 1 amide bonds. The summed E-state index contributed by atoms with van der Waals surface area (Å²) in [6.07, 6.45) is 2.72. The number of carbonyl (C=O) groups is 1. The molecule has 1 N–H and O–H groups in total. The van der Waals surface area contributed by atoms with E-state index in [1.807, 2.05) is 25.1 Å². The van der Waals surface area contributed by atoms with E-state index in [9.17, 15) is 4.79 Å². The second kappa shape index (κ2) is 6.79. The molecule has 140 valence electrons. The van der Waals surface area contributed by atoms with Crippen LogP contribution in [0.4, 0.5) is 0 Å². The van der Waals surface area contributed by atoms with Crippen molar-refractivity contribution in [3.8, 4) is 23.0 Å². The molecule has 0 bridgehead atoms. The van der Waals surface area contributed by atoms with Gasteiger partial charge in [0.1, 0.15) is 23.1 Å². The molecule has 8 nitrogen and oxygen atoms in total. The van der Waals surface area contributed by atoms with Crippen molar-refractivity contribution in [2.45, 2.75) is 26.0 Å². The molecule has 1 atom stereocenters. The standard InChI is InChI=1S/C19H20N4O4/c1-11-6-12-4-5-13(7-16(12)26-11)17-8-14(22-27-17)9-20-18(24)15-10-23(2)21-19(15)25-3/h4-5,7-8,10-11H,6,9H2,1-3H3,(H,20,24)/t11-/m1/s1. The van der Waals surface area contributed by atoms with Crippen LogP contribution in [0.5, 0.6) is 11.6 Å². The number of aryl methyl sites for hydroxylation is 1. The normalized spacial score (nSPS) is 15.3.